The Hall–Kier alpha value is -1.28. The molecule has 0 amide bonds. The van der Waals surface area contributed by atoms with Crippen LogP contribution >= 0.6 is 27.5 Å². The molecule has 2 rings (SSSR count). The zero-order chi connectivity index (χ0) is 14.8. The van der Waals surface area contributed by atoms with Gasteiger partial charge in [0, 0.05) is 10.2 Å². The molecule has 0 atom stereocenters. The van der Waals surface area contributed by atoms with Crippen molar-refractivity contribution in [1.29, 1.82) is 0 Å². The predicted molar refractivity (Wildman–Crippen MR) is 84.2 cm³/mol. The number of hydrogen-bond donors (Lipinski definition) is 3. The van der Waals surface area contributed by atoms with Crippen molar-refractivity contribution in [1.82, 2.24) is 0 Å². The number of hydrazine groups is 1. The first-order valence-electron chi connectivity index (χ1n) is 5.47. The van der Waals surface area contributed by atoms with Crippen LogP contribution in [0.3, 0.4) is 0 Å². The molecule has 0 radical (unpaired) electrons. The molecule has 20 heavy (non-hydrogen) atoms. The maximum absolute atomic E-state index is 12.2. The molecule has 4 N–H and O–H groups in total. The average molecular weight is 377 g/mol. The van der Waals surface area contributed by atoms with Crippen LogP contribution in [0.25, 0.3) is 0 Å². The second kappa shape index (κ2) is 6.01. The van der Waals surface area contributed by atoms with E-state index < -0.39 is 10.0 Å². The molecule has 0 aromatic heterocycles. The van der Waals surface area contributed by atoms with Crippen LogP contribution in [0.1, 0.15) is 0 Å². The van der Waals surface area contributed by atoms with Gasteiger partial charge in [0.2, 0.25) is 0 Å². The Morgan fingerprint density at radius 3 is 2.35 bits per heavy atom. The molecule has 2 aromatic carbocycles. The Morgan fingerprint density at radius 1 is 1.10 bits per heavy atom. The van der Waals surface area contributed by atoms with Gasteiger partial charge in [0.1, 0.15) is 0 Å². The van der Waals surface area contributed by atoms with Crippen LogP contribution in [-0.2, 0) is 10.0 Å². The molecule has 0 aliphatic heterocycles. The molecule has 2 aromatic rings. The van der Waals surface area contributed by atoms with Gasteiger partial charge in [-0.15, -0.1) is 0 Å². The van der Waals surface area contributed by atoms with Gasteiger partial charge in [0.25, 0.3) is 10.0 Å². The van der Waals surface area contributed by atoms with E-state index in [2.05, 4.69) is 26.1 Å². The zero-order valence-electron chi connectivity index (χ0n) is 10.1. The number of halogens is 2. The van der Waals surface area contributed by atoms with Crippen molar-refractivity contribution in [3.63, 3.8) is 0 Å². The summed E-state index contributed by atoms with van der Waals surface area (Å²) in [5.74, 6) is 5.23. The number of nitrogens with two attached hydrogens (primary N) is 1. The lowest BCUT2D eigenvalue weighted by Gasteiger charge is -2.10. The normalized spacial score (nSPS) is 11.2. The van der Waals surface area contributed by atoms with Crippen LogP contribution in [-0.4, -0.2) is 8.42 Å². The summed E-state index contributed by atoms with van der Waals surface area (Å²) in [5, 5.41) is 0.317. The Kier molecular flexibility index (Phi) is 4.54. The summed E-state index contributed by atoms with van der Waals surface area (Å²) in [6, 6.07) is 10.9. The number of sulfonamides is 1. The molecule has 106 valence electrons. The number of hydrogen-bond acceptors (Lipinski definition) is 4. The van der Waals surface area contributed by atoms with E-state index in [4.69, 9.17) is 17.4 Å². The lowest BCUT2D eigenvalue weighted by molar-refractivity contribution is 0.601. The number of rotatable bonds is 4. The average Bonchev–Trinajstić information content (AvgIpc) is 2.43. The standard InChI is InChI=1S/C12H11BrClN3O2S/c13-8-1-6-11(14)12(7-8)17-20(18,19)10-4-2-9(16-15)3-5-10/h1-7,16-17H,15H2. The third kappa shape index (κ3) is 3.43. The lowest BCUT2D eigenvalue weighted by atomic mass is 10.3. The quantitative estimate of drug-likeness (QED) is 0.565. The number of anilines is 2. The van der Waals surface area contributed by atoms with E-state index in [1.165, 1.54) is 12.1 Å². The topological polar surface area (TPSA) is 84.2 Å². The van der Waals surface area contributed by atoms with Crippen LogP contribution in [0.5, 0.6) is 0 Å². The molecular formula is C12H11BrClN3O2S. The smallest absolute Gasteiger partial charge is 0.261 e. The first kappa shape index (κ1) is 15.1. The number of nitrogens with one attached hydrogen (secondary N) is 2. The second-order valence-corrected chi connectivity index (χ2v) is 6.90. The van der Waals surface area contributed by atoms with E-state index in [1.54, 1.807) is 30.3 Å². The van der Waals surface area contributed by atoms with Crippen molar-refractivity contribution >= 4 is 48.9 Å². The third-order valence-electron chi connectivity index (χ3n) is 2.50. The summed E-state index contributed by atoms with van der Waals surface area (Å²) in [5.41, 5.74) is 3.35. The Balaban J connectivity index is 2.32. The molecule has 5 nitrogen and oxygen atoms in total. The molecular weight excluding hydrogens is 366 g/mol. The SMILES string of the molecule is NNc1ccc(S(=O)(=O)Nc2cc(Br)ccc2Cl)cc1. The molecule has 8 heteroatoms. The highest BCUT2D eigenvalue weighted by Gasteiger charge is 2.15. The molecule has 0 aliphatic carbocycles. The van der Waals surface area contributed by atoms with Crippen molar-refractivity contribution < 1.29 is 8.42 Å². The lowest BCUT2D eigenvalue weighted by Crippen LogP contribution is -2.13. The largest absolute Gasteiger partial charge is 0.324 e. The van der Waals surface area contributed by atoms with Crippen molar-refractivity contribution in [2.75, 3.05) is 10.1 Å². The maximum atomic E-state index is 12.2. The van der Waals surface area contributed by atoms with Gasteiger partial charge < -0.3 is 5.43 Å². The fourth-order valence-corrected chi connectivity index (χ4v) is 3.16. The van der Waals surface area contributed by atoms with E-state index in [1.807, 2.05) is 0 Å². The minimum Gasteiger partial charge on any atom is -0.324 e. The summed E-state index contributed by atoms with van der Waals surface area (Å²) in [4.78, 5) is 0.118. The summed E-state index contributed by atoms with van der Waals surface area (Å²) in [7, 11) is -3.70. The van der Waals surface area contributed by atoms with E-state index in [9.17, 15) is 8.42 Å². The van der Waals surface area contributed by atoms with Gasteiger partial charge in [0.05, 0.1) is 15.6 Å². The molecule has 0 fully saturated rings. The van der Waals surface area contributed by atoms with E-state index >= 15 is 0 Å². The van der Waals surface area contributed by atoms with Gasteiger partial charge in [-0.1, -0.05) is 27.5 Å². The van der Waals surface area contributed by atoms with Gasteiger partial charge >= 0.3 is 0 Å². The fourth-order valence-electron chi connectivity index (χ4n) is 1.51. The van der Waals surface area contributed by atoms with Crippen LogP contribution in [0.2, 0.25) is 5.02 Å². The molecule has 0 aliphatic rings. The molecule has 0 saturated carbocycles. The van der Waals surface area contributed by atoms with Crippen molar-refractivity contribution in [2.24, 2.45) is 5.84 Å². The second-order valence-electron chi connectivity index (χ2n) is 3.90. The van der Waals surface area contributed by atoms with Crippen molar-refractivity contribution in [3.05, 3.63) is 52.0 Å². The summed E-state index contributed by atoms with van der Waals surface area (Å²) >= 11 is 9.23. The van der Waals surface area contributed by atoms with Crippen LogP contribution in [0, 0.1) is 0 Å². The molecule has 0 unspecified atom stereocenters. The Bertz CT molecular complexity index is 720. The van der Waals surface area contributed by atoms with Gasteiger partial charge in [0.15, 0.2) is 0 Å². The first-order chi connectivity index (χ1) is 9.42. The van der Waals surface area contributed by atoms with Gasteiger partial charge in [-0.2, -0.15) is 0 Å². The van der Waals surface area contributed by atoms with Gasteiger partial charge in [-0.05, 0) is 42.5 Å². The maximum Gasteiger partial charge on any atom is 0.261 e. The Labute approximate surface area is 130 Å². The first-order valence-corrected chi connectivity index (χ1v) is 8.12. The van der Waals surface area contributed by atoms with Crippen molar-refractivity contribution in [3.8, 4) is 0 Å². The highest BCUT2D eigenvalue weighted by atomic mass is 79.9. The van der Waals surface area contributed by atoms with E-state index in [0.29, 0.717) is 16.4 Å². The minimum absolute atomic E-state index is 0.118. The predicted octanol–water partition coefficient (Wildman–Crippen LogP) is 3.19. The van der Waals surface area contributed by atoms with E-state index in [0.717, 1.165) is 4.47 Å². The fraction of sp³-hybridized carbons (Fsp3) is 0. The molecule has 0 bridgehead atoms. The van der Waals surface area contributed by atoms with Crippen LogP contribution < -0.4 is 16.0 Å². The van der Waals surface area contributed by atoms with Gasteiger partial charge in [-0.25, -0.2) is 8.42 Å². The highest BCUT2D eigenvalue weighted by Crippen LogP contribution is 2.28. The molecule has 0 spiro atoms. The zero-order valence-corrected chi connectivity index (χ0v) is 13.3. The Morgan fingerprint density at radius 2 is 1.75 bits per heavy atom. The highest BCUT2D eigenvalue weighted by molar-refractivity contribution is 9.10. The van der Waals surface area contributed by atoms with Crippen LogP contribution in [0.4, 0.5) is 11.4 Å². The van der Waals surface area contributed by atoms with E-state index in [-0.39, 0.29) is 4.90 Å². The summed E-state index contributed by atoms with van der Waals surface area (Å²) < 4.78 is 27.6. The summed E-state index contributed by atoms with van der Waals surface area (Å²) in [6.45, 7) is 0. The monoisotopic (exact) mass is 375 g/mol. The number of nitrogen functional groups attached to an aromatic ring is 1. The molecule has 0 saturated heterocycles. The minimum atomic E-state index is -3.70. The summed E-state index contributed by atoms with van der Waals surface area (Å²) in [6.07, 6.45) is 0. The number of benzene rings is 2. The third-order valence-corrected chi connectivity index (χ3v) is 4.71. The van der Waals surface area contributed by atoms with Gasteiger partial charge in [-0.3, -0.25) is 10.6 Å². The van der Waals surface area contributed by atoms with Crippen LogP contribution in [0.15, 0.2) is 51.8 Å². The van der Waals surface area contributed by atoms with Crippen molar-refractivity contribution in [2.45, 2.75) is 4.90 Å². The molecule has 0 heterocycles.